The number of halogens is 2. The topological polar surface area (TPSA) is 34.1 Å². The molecule has 2 nitrogen and oxygen atoms in total. The summed E-state index contributed by atoms with van der Waals surface area (Å²) in [6, 6.07) is 11.4. The summed E-state index contributed by atoms with van der Waals surface area (Å²) in [4.78, 5) is 26.3. The van der Waals surface area contributed by atoms with Crippen molar-refractivity contribution in [2.75, 3.05) is 0 Å². The third-order valence-electron chi connectivity index (χ3n) is 5.76. The minimum Gasteiger partial charge on any atom is -0.298 e. The molecule has 3 aliphatic rings. The maximum absolute atomic E-state index is 13.1. The van der Waals surface area contributed by atoms with Crippen LogP contribution in [-0.4, -0.2) is 11.6 Å². The molecule has 0 spiro atoms. The number of aryl methyl sites for hydroxylation is 1. The van der Waals surface area contributed by atoms with E-state index >= 15 is 0 Å². The van der Waals surface area contributed by atoms with Crippen LogP contribution in [0.5, 0.6) is 0 Å². The zero-order valence-corrected chi connectivity index (χ0v) is 16.6. The van der Waals surface area contributed by atoms with Gasteiger partial charge in [-0.05, 0) is 66.1 Å². The van der Waals surface area contributed by atoms with Crippen LogP contribution in [-0.2, 0) is 16.0 Å². The highest BCUT2D eigenvalue weighted by molar-refractivity contribution is 6.36. The molecule has 0 radical (unpaired) electrons. The summed E-state index contributed by atoms with van der Waals surface area (Å²) in [7, 11) is 0. The summed E-state index contributed by atoms with van der Waals surface area (Å²) in [5.74, 6) is -0.684. The molecular formula is C23H20Cl2O2. The second kappa shape index (κ2) is 7.26. The summed E-state index contributed by atoms with van der Waals surface area (Å²) in [6.07, 6.45) is 4.94. The number of benzene rings is 2. The number of hydrogen-bond donors (Lipinski definition) is 0. The molecule has 2 aromatic rings. The Morgan fingerprint density at radius 2 is 1.89 bits per heavy atom. The lowest BCUT2D eigenvalue weighted by atomic mass is 9.82. The van der Waals surface area contributed by atoms with Crippen molar-refractivity contribution in [3.05, 3.63) is 69.2 Å². The average Bonchev–Trinajstić information content (AvgIpc) is 2.86. The summed E-state index contributed by atoms with van der Waals surface area (Å²) < 4.78 is 0. The number of hydrogen-bond acceptors (Lipinski definition) is 2. The summed E-state index contributed by atoms with van der Waals surface area (Å²) >= 11 is 12.4. The number of fused-ring (bicyclic) bond motifs is 4. The average molecular weight is 399 g/mol. The first kappa shape index (κ1) is 18.5. The van der Waals surface area contributed by atoms with Crippen LogP contribution in [0.15, 0.2) is 48.0 Å². The van der Waals surface area contributed by atoms with E-state index in [0.717, 1.165) is 47.1 Å². The predicted octanol–water partition coefficient (Wildman–Crippen LogP) is 6.18. The van der Waals surface area contributed by atoms with E-state index < -0.39 is 5.92 Å². The molecule has 27 heavy (non-hydrogen) atoms. The van der Waals surface area contributed by atoms with Crippen molar-refractivity contribution in [2.24, 2.45) is 5.92 Å². The predicted molar refractivity (Wildman–Crippen MR) is 109 cm³/mol. The van der Waals surface area contributed by atoms with Crippen LogP contribution in [0.1, 0.15) is 43.2 Å². The smallest absolute Gasteiger partial charge is 0.173 e. The summed E-state index contributed by atoms with van der Waals surface area (Å²) in [6.45, 7) is 2.05. The molecule has 3 aliphatic carbocycles. The van der Waals surface area contributed by atoms with Crippen LogP contribution >= 0.6 is 23.2 Å². The minimum atomic E-state index is -0.688. The first-order chi connectivity index (χ1) is 13.0. The van der Waals surface area contributed by atoms with Gasteiger partial charge in [0.25, 0.3) is 0 Å². The third kappa shape index (κ3) is 3.26. The van der Waals surface area contributed by atoms with Gasteiger partial charge in [0.1, 0.15) is 5.92 Å². The van der Waals surface area contributed by atoms with E-state index in [4.69, 9.17) is 23.2 Å². The summed E-state index contributed by atoms with van der Waals surface area (Å²) in [5.41, 5.74) is 4.43. The van der Waals surface area contributed by atoms with Crippen molar-refractivity contribution >= 4 is 34.8 Å². The lowest BCUT2D eigenvalue weighted by Crippen LogP contribution is -2.25. The lowest BCUT2D eigenvalue weighted by Gasteiger charge is -2.20. The second-order valence-corrected chi connectivity index (χ2v) is 8.14. The largest absolute Gasteiger partial charge is 0.298 e. The van der Waals surface area contributed by atoms with Gasteiger partial charge in [-0.2, -0.15) is 0 Å². The molecule has 138 valence electrons. The minimum absolute atomic E-state index is 0.0194. The molecule has 0 amide bonds. The fraction of sp³-hybridized carbons (Fsp3) is 0.304. The van der Waals surface area contributed by atoms with Crippen LogP contribution in [0, 0.1) is 5.92 Å². The maximum Gasteiger partial charge on any atom is 0.173 e. The maximum atomic E-state index is 13.1. The molecule has 2 aromatic carbocycles. The van der Waals surface area contributed by atoms with Gasteiger partial charge < -0.3 is 0 Å². The number of ketones is 2. The Morgan fingerprint density at radius 3 is 2.56 bits per heavy atom. The van der Waals surface area contributed by atoms with Gasteiger partial charge in [-0.1, -0.05) is 54.4 Å². The lowest BCUT2D eigenvalue weighted by molar-refractivity contribution is -0.128. The van der Waals surface area contributed by atoms with Gasteiger partial charge >= 0.3 is 0 Å². The van der Waals surface area contributed by atoms with Crippen molar-refractivity contribution < 1.29 is 9.59 Å². The Kier molecular flexibility index (Phi) is 4.96. The van der Waals surface area contributed by atoms with Crippen molar-refractivity contribution in [3.8, 4) is 11.1 Å². The van der Waals surface area contributed by atoms with Crippen LogP contribution in [0.3, 0.4) is 0 Å². The molecule has 0 aromatic heterocycles. The molecule has 1 saturated carbocycles. The van der Waals surface area contributed by atoms with Crippen LogP contribution < -0.4 is 0 Å². The van der Waals surface area contributed by atoms with E-state index in [1.807, 2.05) is 37.3 Å². The zero-order chi connectivity index (χ0) is 19.1. The fourth-order valence-electron chi connectivity index (χ4n) is 4.24. The van der Waals surface area contributed by atoms with E-state index in [2.05, 4.69) is 0 Å². The number of allylic oxidation sites excluding steroid dienone is 2. The number of rotatable bonds is 3. The van der Waals surface area contributed by atoms with Crippen molar-refractivity contribution in [3.63, 3.8) is 0 Å². The van der Waals surface area contributed by atoms with Crippen LogP contribution in [0.2, 0.25) is 10.0 Å². The quantitative estimate of drug-likeness (QED) is 0.577. The Labute approximate surface area is 169 Å². The van der Waals surface area contributed by atoms with Crippen LogP contribution in [0.25, 0.3) is 11.1 Å². The summed E-state index contributed by atoms with van der Waals surface area (Å²) in [5, 5.41) is 1.13. The molecule has 0 aliphatic heterocycles. The van der Waals surface area contributed by atoms with Crippen molar-refractivity contribution in [2.45, 2.75) is 38.5 Å². The van der Waals surface area contributed by atoms with Gasteiger partial charge in [0.05, 0.1) is 0 Å². The molecule has 4 heteroatoms. The van der Waals surface area contributed by atoms with Crippen molar-refractivity contribution in [1.29, 1.82) is 0 Å². The van der Waals surface area contributed by atoms with Gasteiger partial charge in [-0.3, -0.25) is 9.59 Å². The Bertz CT molecular complexity index is 974. The highest BCUT2D eigenvalue weighted by Gasteiger charge is 2.41. The SMILES string of the molecule is CCc1ccc(-c2ccc(Cl)cc2Cl)cc1C1C(=O)C2=CC[C@@H](CC2)C1=O. The first-order valence-corrected chi connectivity index (χ1v) is 10.1. The Morgan fingerprint density at radius 1 is 1.07 bits per heavy atom. The molecule has 5 rings (SSSR count). The molecule has 1 unspecified atom stereocenters. The zero-order valence-electron chi connectivity index (χ0n) is 15.1. The van der Waals surface area contributed by atoms with E-state index in [1.54, 1.807) is 12.1 Å². The number of carbonyl (C=O) groups is 2. The van der Waals surface area contributed by atoms with Gasteiger partial charge in [0.15, 0.2) is 11.6 Å². The molecular weight excluding hydrogens is 379 g/mol. The molecule has 0 saturated heterocycles. The standard InChI is InChI=1S/C23H20Cl2O2/c1-2-13-3-8-16(18-10-9-17(24)12-20(18)25)11-19(13)21-22(26)14-4-5-15(7-6-14)23(21)27/h3-4,8-12,15,21H,2,5-7H2,1H3/t15-,21?/m0/s1. The number of carbonyl (C=O) groups excluding carboxylic acids is 2. The van der Waals surface area contributed by atoms with E-state index in [9.17, 15) is 9.59 Å². The molecule has 2 atom stereocenters. The van der Waals surface area contributed by atoms with E-state index in [1.165, 1.54) is 0 Å². The van der Waals surface area contributed by atoms with Gasteiger partial charge in [0, 0.05) is 21.5 Å². The monoisotopic (exact) mass is 398 g/mol. The normalized spacial score (nSPS) is 22.0. The molecule has 1 fully saturated rings. The highest BCUT2D eigenvalue weighted by atomic mass is 35.5. The van der Waals surface area contributed by atoms with E-state index in [0.29, 0.717) is 16.5 Å². The first-order valence-electron chi connectivity index (χ1n) is 9.34. The van der Waals surface area contributed by atoms with Gasteiger partial charge in [-0.25, -0.2) is 0 Å². The van der Waals surface area contributed by atoms with Gasteiger partial charge in [0.2, 0.25) is 0 Å². The fourth-order valence-corrected chi connectivity index (χ4v) is 4.76. The highest BCUT2D eigenvalue weighted by Crippen LogP contribution is 2.41. The van der Waals surface area contributed by atoms with Crippen molar-refractivity contribution in [1.82, 2.24) is 0 Å². The van der Waals surface area contributed by atoms with Gasteiger partial charge in [-0.15, -0.1) is 0 Å². The molecule has 0 N–H and O–H groups in total. The Hall–Kier alpha value is -1.90. The molecule has 0 heterocycles. The Balaban J connectivity index is 1.85. The van der Waals surface area contributed by atoms with Crippen LogP contribution in [0.4, 0.5) is 0 Å². The third-order valence-corrected chi connectivity index (χ3v) is 6.30. The van der Waals surface area contributed by atoms with E-state index in [-0.39, 0.29) is 17.5 Å². The second-order valence-electron chi connectivity index (χ2n) is 7.29. The molecule has 2 bridgehead atoms. The number of Topliss-reactive ketones (excluding diaryl/α,β-unsaturated/α-hetero) is 2.